The van der Waals surface area contributed by atoms with Crippen LogP contribution in [0.1, 0.15) is 31.4 Å². The number of alkyl halides is 1. The maximum Gasteiger partial charge on any atom is 0.474 e. The van der Waals surface area contributed by atoms with E-state index in [0.717, 1.165) is 5.56 Å². The quantitative estimate of drug-likeness (QED) is 0.0830. The summed E-state index contributed by atoms with van der Waals surface area (Å²) in [6.45, 7) is 2.60. The Morgan fingerprint density at radius 3 is 2.47 bits per heavy atom. The maximum atomic E-state index is 14.2. The number of aliphatic hydroxyl groups is 1. The van der Waals surface area contributed by atoms with E-state index in [9.17, 15) is 23.7 Å². The summed E-state index contributed by atoms with van der Waals surface area (Å²) in [5.74, 6) is -0.331. The van der Waals surface area contributed by atoms with Gasteiger partial charge in [0.05, 0.1) is 32.0 Å². The zero-order valence-electron chi connectivity index (χ0n) is 25.1. The van der Waals surface area contributed by atoms with E-state index in [4.69, 9.17) is 22.8 Å². The Morgan fingerprint density at radius 2 is 1.80 bits per heavy atom. The van der Waals surface area contributed by atoms with Gasteiger partial charge < -0.3 is 24.6 Å². The number of aromatic nitrogens is 1. The molecular weight excluding hydrogens is 725 g/mol. The molecule has 2 atom stereocenters. The number of anilines is 1. The number of nitrogens with zero attached hydrogens (tertiary/aromatic N) is 2. The molecule has 0 aliphatic rings. The van der Waals surface area contributed by atoms with Gasteiger partial charge in [0.25, 0.3) is 0 Å². The number of hydrogen-bond acceptors (Lipinski definition) is 10. The Hall–Kier alpha value is -3.08. The molecule has 246 valence electrons. The minimum absolute atomic E-state index is 0.0405. The normalized spacial score (nSPS) is 12.8. The van der Waals surface area contributed by atoms with Crippen LogP contribution in [0.5, 0.6) is 0 Å². The van der Waals surface area contributed by atoms with Gasteiger partial charge in [-0.3, -0.25) is 18.9 Å². The number of amides is 3. The number of ether oxygens (including phenoxy) is 1. The molecule has 1 aromatic heterocycles. The van der Waals surface area contributed by atoms with Crippen LogP contribution in [0.2, 0.25) is 0 Å². The molecule has 16 heteroatoms. The summed E-state index contributed by atoms with van der Waals surface area (Å²) in [6, 6.07) is 13.9. The highest BCUT2D eigenvalue weighted by Gasteiger charge is 2.30. The number of likely N-dealkylation sites (N-methyl/N-ethyl adjacent to an activating group) is 1. The van der Waals surface area contributed by atoms with Gasteiger partial charge in [0, 0.05) is 35.2 Å². The van der Waals surface area contributed by atoms with Gasteiger partial charge >= 0.3 is 19.9 Å². The first kappa shape index (κ1) is 36.4. The molecular formula is C29H37FIN4O9P. The molecule has 3 N–H and O–H groups in total. The Bertz CT molecular complexity index is 1420. The van der Waals surface area contributed by atoms with Gasteiger partial charge in [-0.05, 0) is 31.9 Å². The van der Waals surface area contributed by atoms with E-state index < -0.39 is 38.7 Å². The van der Waals surface area contributed by atoms with Crippen molar-refractivity contribution < 1.29 is 46.5 Å². The van der Waals surface area contributed by atoms with Crippen molar-refractivity contribution in [3.05, 3.63) is 71.5 Å². The summed E-state index contributed by atoms with van der Waals surface area (Å²) in [6.07, 6.45) is -2.30. The van der Waals surface area contributed by atoms with Crippen molar-refractivity contribution in [2.45, 2.75) is 43.4 Å². The van der Waals surface area contributed by atoms with Crippen LogP contribution >= 0.6 is 30.4 Å². The number of urea groups is 1. The van der Waals surface area contributed by atoms with Crippen LogP contribution in [0.4, 0.5) is 19.9 Å². The third-order valence-corrected chi connectivity index (χ3v) is 8.78. The van der Waals surface area contributed by atoms with Gasteiger partial charge in [0.2, 0.25) is 5.88 Å². The molecule has 0 spiro atoms. The molecule has 0 aliphatic heterocycles. The summed E-state index contributed by atoms with van der Waals surface area (Å²) in [4.78, 5) is 27.0. The highest BCUT2D eigenvalue weighted by Crippen LogP contribution is 2.49. The predicted molar refractivity (Wildman–Crippen MR) is 172 cm³/mol. The maximum absolute atomic E-state index is 14.2. The first-order valence-corrected chi connectivity index (χ1v) is 17.1. The van der Waals surface area contributed by atoms with E-state index in [2.05, 4.69) is 15.8 Å². The Morgan fingerprint density at radius 1 is 1.09 bits per heavy atom. The first-order chi connectivity index (χ1) is 21.6. The molecule has 0 aliphatic carbocycles. The third-order valence-electron chi connectivity index (χ3n) is 6.40. The number of phosphoric ester groups is 1. The molecule has 3 aromatic rings. The van der Waals surface area contributed by atoms with Gasteiger partial charge in [0.1, 0.15) is 18.1 Å². The number of hydrogen-bond donors (Lipinski definition) is 3. The topological polar surface area (TPSA) is 162 Å². The van der Waals surface area contributed by atoms with E-state index in [1.807, 2.05) is 52.9 Å². The number of carbonyl (C=O) groups is 2. The van der Waals surface area contributed by atoms with Crippen molar-refractivity contribution in [1.82, 2.24) is 15.4 Å². The summed E-state index contributed by atoms with van der Waals surface area (Å²) >= 11 is 2.05. The van der Waals surface area contributed by atoms with Gasteiger partial charge in [-0.2, -0.15) is 0 Å². The van der Waals surface area contributed by atoms with Crippen LogP contribution in [0, 0.1) is 5.82 Å². The van der Waals surface area contributed by atoms with Gasteiger partial charge in [-0.15, -0.1) is 0 Å². The number of benzene rings is 2. The smallest absolute Gasteiger partial charge is 0.447 e. The van der Waals surface area contributed by atoms with Crippen LogP contribution in [-0.4, -0.2) is 72.9 Å². The predicted octanol–water partition coefficient (Wildman–Crippen LogP) is 6.12. The van der Waals surface area contributed by atoms with Gasteiger partial charge in [-0.1, -0.05) is 70.2 Å². The lowest BCUT2D eigenvalue weighted by Gasteiger charge is -2.30. The Balaban J connectivity index is 1.66. The van der Waals surface area contributed by atoms with E-state index in [-0.39, 0.29) is 44.5 Å². The van der Waals surface area contributed by atoms with Gasteiger partial charge in [0.15, 0.2) is 0 Å². The molecule has 0 saturated heterocycles. The molecule has 13 nitrogen and oxygen atoms in total. The number of nitrogens with one attached hydrogen (secondary N) is 2. The zero-order chi connectivity index (χ0) is 32.8. The molecule has 0 bridgehead atoms. The average Bonchev–Trinajstić information content (AvgIpc) is 3.49. The van der Waals surface area contributed by atoms with Crippen LogP contribution in [0.3, 0.4) is 0 Å². The van der Waals surface area contributed by atoms with Crippen LogP contribution in [0.15, 0.2) is 59.1 Å². The first-order valence-electron chi connectivity index (χ1n) is 14.1. The fraction of sp³-hybridized carbons (Fsp3) is 0.414. The summed E-state index contributed by atoms with van der Waals surface area (Å²) in [5.41, 5.74) is 2.37. The minimum Gasteiger partial charge on any atom is -0.447 e. The summed E-state index contributed by atoms with van der Waals surface area (Å²) in [5, 5.41) is 19.8. The molecule has 3 rings (SSSR count). The lowest BCUT2D eigenvalue weighted by atomic mass is 10.1. The van der Waals surface area contributed by atoms with Crippen molar-refractivity contribution in [1.29, 1.82) is 0 Å². The van der Waals surface area contributed by atoms with Crippen molar-refractivity contribution in [3.63, 3.8) is 0 Å². The highest BCUT2D eigenvalue weighted by atomic mass is 127. The molecule has 3 amide bonds. The number of aliphatic hydroxyl groups excluding tert-OH is 1. The lowest BCUT2D eigenvalue weighted by Crippen LogP contribution is -2.47. The fourth-order valence-corrected chi connectivity index (χ4v) is 6.16. The van der Waals surface area contributed by atoms with Crippen molar-refractivity contribution in [2.75, 3.05) is 38.8 Å². The summed E-state index contributed by atoms with van der Waals surface area (Å²) < 4.78 is 53.3. The van der Waals surface area contributed by atoms with Crippen molar-refractivity contribution in [2.24, 2.45) is 0 Å². The highest BCUT2D eigenvalue weighted by molar-refractivity contribution is 14.1. The molecule has 45 heavy (non-hydrogen) atoms. The van der Waals surface area contributed by atoms with E-state index >= 15 is 0 Å². The molecule has 1 heterocycles. The monoisotopic (exact) mass is 762 g/mol. The second-order valence-electron chi connectivity index (χ2n) is 9.57. The van der Waals surface area contributed by atoms with Crippen LogP contribution in [-0.2, 0) is 33.8 Å². The average molecular weight is 763 g/mol. The largest absolute Gasteiger partial charge is 0.474 e. The molecule has 0 unspecified atom stereocenters. The SMILES string of the molecule is CCOP(=O)(OCC)OC[C@H](O)C[C@@H](COC(=O)Nc1cc(-c2ccccc2)no1)N(C)C(=O)NCc1cccc(F)c1CI. The van der Waals surface area contributed by atoms with Gasteiger partial charge in [-0.25, -0.2) is 18.5 Å². The van der Waals surface area contributed by atoms with Crippen molar-refractivity contribution >= 4 is 48.4 Å². The second kappa shape index (κ2) is 18.2. The molecule has 2 aromatic carbocycles. The Kier molecular flexibility index (Phi) is 14.7. The van der Waals surface area contributed by atoms with E-state index in [1.165, 1.54) is 24.1 Å². The zero-order valence-corrected chi connectivity index (χ0v) is 28.2. The number of rotatable bonds is 17. The van der Waals surface area contributed by atoms with E-state index in [0.29, 0.717) is 21.2 Å². The summed E-state index contributed by atoms with van der Waals surface area (Å²) in [7, 11) is -2.45. The van der Waals surface area contributed by atoms with E-state index in [1.54, 1.807) is 26.0 Å². The van der Waals surface area contributed by atoms with Crippen molar-refractivity contribution in [3.8, 4) is 11.3 Å². The molecule has 0 fully saturated rings. The van der Waals surface area contributed by atoms with Crippen LogP contribution < -0.4 is 10.6 Å². The third kappa shape index (κ3) is 11.3. The number of phosphoric acid groups is 1. The van der Waals surface area contributed by atoms with Crippen LogP contribution in [0.25, 0.3) is 11.3 Å². The second-order valence-corrected chi connectivity index (χ2v) is 12.0. The molecule has 0 radical (unpaired) electrons. The molecule has 0 saturated carbocycles. The fourth-order valence-electron chi connectivity index (χ4n) is 4.09. The number of carbonyl (C=O) groups excluding carboxylic acids is 2. The standard InChI is InChI=1S/C29H37FIN4O9P/c1-4-41-45(39,42-5-2)43-19-23(36)14-22(35(3)28(37)32-17-21-12-9-13-25(30)24(21)16-31)18-40-29(38)33-27-15-26(34-44-27)20-10-7-6-8-11-20/h6-13,15,22-23,36H,4-5,14,16-19H2,1-3H3,(H,32,37)(H,33,38)/t22-,23+/m0/s1. The lowest BCUT2D eigenvalue weighted by molar-refractivity contribution is 0.0353. The minimum atomic E-state index is -3.90. The Labute approximate surface area is 274 Å². The number of halogens is 2.